The Balaban J connectivity index is 1.17. The summed E-state index contributed by atoms with van der Waals surface area (Å²) in [6, 6.07) is 16.3. The second-order valence-corrected chi connectivity index (χ2v) is 8.98. The number of morpholine rings is 1. The Hall–Kier alpha value is -2.74. The van der Waals surface area contributed by atoms with Gasteiger partial charge in [0.25, 0.3) is 0 Å². The number of hydrogen-bond donors (Lipinski definition) is 1. The molecule has 1 aliphatic rings. The number of carbonyl (C=O) groups excluding carboxylic acids is 1. The quantitative estimate of drug-likeness (QED) is 0.475. The molecule has 2 aromatic carbocycles. The zero-order valence-electron chi connectivity index (χ0n) is 17.4. The SMILES string of the molecule is O=C(CCc1nc2ccccc2s1)Nc1ccc2c(ccn2CCN2CCOCC2)c1. The highest BCUT2D eigenvalue weighted by Gasteiger charge is 2.11. The summed E-state index contributed by atoms with van der Waals surface area (Å²) < 4.78 is 8.87. The third-order valence-corrected chi connectivity index (χ3v) is 6.82. The van der Waals surface area contributed by atoms with Gasteiger partial charge < -0.3 is 14.6 Å². The van der Waals surface area contributed by atoms with E-state index in [2.05, 4.69) is 50.2 Å². The normalized spacial score (nSPS) is 15.0. The Morgan fingerprint density at radius 1 is 1.10 bits per heavy atom. The highest BCUT2D eigenvalue weighted by molar-refractivity contribution is 7.18. The summed E-state index contributed by atoms with van der Waals surface area (Å²) in [6.45, 7) is 5.65. The Kier molecular flexibility index (Phi) is 5.97. The van der Waals surface area contributed by atoms with Crippen LogP contribution in [0.2, 0.25) is 0 Å². The van der Waals surface area contributed by atoms with Crippen molar-refractivity contribution in [3.05, 3.63) is 59.7 Å². The number of para-hydroxylation sites is 1. The lowest BCUT2D eigenvalue weighted by Gasteiger charge is -2.26. The Morgan fingerprint density at radius 2 is 1.97 bits per heavy atom. The fraction of sp³-hybridized carbons (Fsp3) is 0.333. The molecule has 7 heteroatoms. The summed E-state index contributed by atoms with van der Waals surface area (Å²) in [5, 5.41) is 5.19. The molecular weight excluding hydrogens is 408 g/mol. The maximum absolute atomic E-state index is 12.5. The van der Waals surface area contributed by atoms with Crippen molar-refractivity contribution in [3.8, 4) is 0 Å². The van der Waals surface area contributed by atoms with Gasteiger partial charge in [0.2, 0.25) is 5.91 Å². The lowest BCUT2D eigenvalue weighted by molar-refractivity contribution is -0.116. The summed E-state index contributed by atoms with van der Waals surface area (Å²) >= 11 is 1.66. The maximum Gasteiger partial charge on any atom is 0.224 e. The summed E-state index contributed by atoms with van der Waals surface area (Å²) in [5.41, 5.74) is 3.04. The van der Waals surface area contributed by atoms with Crippen molar-refractivity contribution in [1.82, 2.24) is 14.5 Å². The minimum atomic E-state index is 0.0188. The third-order valence-electron chi connectivity index (χ3n) is 5.72. The number of hydrogen-bond acceptors (Lipinski definition) is 5. The van der Waals surface area contributed by atoms with Crippen molar-refractivity contribution in [1.29, 1.82) is 0 Å². The molecule has 0 atom stereocenters. The van der Waals surface area contributed by atoms with Gasteiger partial charge in [-0.15, -0.1) is 11.3 Å². The molecule has 1 fully saturated rings. The van der Waals surface area contributed by atoms with E-state index in [9.17, 15) is 4.79 Å². The first-order valence-corrected chi connectivity index (χ1v) is 11.6. The van der Waals surface area contributed by atoms with Crippen LogP contribution in [0.4, 0.5) is 5.69 Å². The highest BCUT2D eigenvalue weighted by atomic mass is 32.1. The first-order valence-electron chi connectivity index (χ1n) is 10.8. The Morgan fingerprint density at radius 3 is 2.84 bits per heavy atom. The molecular formula is C24H26N4O2S. The first-order chi connectivity index (χ1) is 15.2. The van der Waals surface area contributed by atoms with Crippen LogP contribution >= 0.6 is 11.3 Å². The van der Waals surface area contributed by atoms with Crippen molar-refractivity contribution in [2.45, 2.75) is 19.4 Å². The van der Waals surface area contributed by atoms with Crippen LogP contribution in [-0.4, -0.2) is 53.2 Å². The Bertz CT molecular complexity index is 1160. The van der Waals surface area contributed by atoms with Gasteiger partial charge in [0, 0.05) is 61.8 Å². The fourth-order valence-corrected chi connectivity index (χ4v) is 4.98. The van der Waals surface area contributed by atoms with Crippen molar-refractivity contribution >= 4 is 44.1 Å². The zero-order valence-corrected chi connectivity index (χ0v) is 18.2. The monoisotopic (exact) mass is 434 g/mol. The van der Waals surface area contributed by atoms with Crippen LogP contribution in [0, 0.1) is 0 Å². The molecule has 0 spiro atoms. The molecule has 1 aliphatic heterocycles. The molecule has 1 saturated heterocycles. The highest BCUT2D eigenvalue weighted by Crippen LogP contribution is 2.23. The van der Waals surface area contributed by atoms with E-state index < -0.39 is 0 Å². The van der Waals surface area contributed by atoms with Crippen molar-refractivity contribution < 1.29 is 9.53 Å². The fourth-order valence-electron chi connectivity index (χ4n) is 4.02. The molecule has 31 heavy (non-hydrogen) atoms. The van der Waals surface area contributed by atoms with E-state index in [0.717, 1.165) is 61.0 Å². The van der Waals surface area contributed by atoms with Gasteiger partial charge in [-0.2, -0.15) is 0 Å². The molecule has 1 N–H and O–H groups in total. The molecule has 5 rings (SSSR count). The molecule has 160 valence electrons. The van der Waals surface area contributed by atoms with Gasteiger partial charge in [-0.05, 0) is 36.4 Å². The molecule has 4 aromatic rings. The number of benzene rings is 2. The Labute approximate surface area is 185 Å². The molecule has 2 aromatic heterocycles. The number of nitrogens with one attached hydrogen (secondary N) is 1. The van der Waals surface area contributed by atoms with Crippen LogP contribution in [0.1, 0.15) is 11.4 Å². The van der Waals surface area contributed by atoms with E-state index in [4.69, 9.17) is 4.74 Å². The van der Waals surface area contributed by atoms with Gasteiger partial charge in [0.05, 0.1) is 28.4 Å². The van der Waals surface area contributed by atoms with Crippen LogP contribution in [0.3, 0.4) is 0 Å². The second kappa shape index (κ2) is 9.18. The van der Waals surface area contributed by atoms with Gasteiger partial charge in [0.1, 0.15) is 0 Å². The van der Waals surface area contributed by atoms with Crippen LogP contribution in [-0.2, 0) is 22.5 Å². The minimum Gasteiger partial charge on any atom is -0.379 e. The van der Waals surface area contributed by atoms with E-state index in [1.165, 1.54) is 10.2 Å². The summed E-state index contributed by atoms with van der Waals surface area (Å²) in [5.74, 6) is 0.0188. The van der Waals surface area contributed by atoms with Crippen molar-refractivity contribution in [2.75, 3.05) is 38.2 Å². The van der Waals surface area contributed by atoms with Crippen LogP contribution in [0.25, 0.3) is 21.1 Å². The van der Waals surface area contributed by atoms with Gasteiger partial charge in [-0.25, -0.2) is 4.98 Å². The molecule has 0 bridgehead atoms. The predicted octanol–water partition coefficient (Wildman–Crippen LogP) is 4.15. The standard InChI is InChI=1S/C24H26N4O2S/c29-23(7-8-24-26-20-3-1-2-4-22(20)31-24)25-19-5-6-21-18(17-19)9-10-28(21)12-11-27-13-15-30-16-14-27/h1-6,9-10,17H,7-8,11-16H2,(H,25,29). The first kappa shape index (κ1) is 20.2. The molecule has 0 unspecified atom stereocenters. The number of carbonyl (C=O) groups is 1. The number of rotatable bonds is 7. The summed E-state index contributed by atoms with van der Waals surface area (Å²) in [7, 11) is 0. The number of anilines is 1. The molecule has 1 amide bonds. The van der Waals surface area contributed by atoms with E-state index in [1.54, 1.807) is 11.3 Å². The number of fused-ring (bicyclic) bond motifs is 2. The predicted molar refractivity (Wildman–Crippen MR) is 126 cm³/mol. The second-order valence-electron chi connectivity index (χ2n) is 7.86. The van der Waals surface area contributed by atoms with Crippen LogP contribution < -0.4 is 5.32 Å². The molecule has 6 nitrogen and oxygen atoms in total. The van der Waals surface area contributed by atoms with Crippen molar-refractivity contribution in [3.63, 3.8) is 0 Å². The number of nitrogens with zero attached hydrogens (tertiary/aromatic N) is 3. The number of ether oxygens (including phenoxy) is 1. The van der Waals surface area contributed by atoms with Crippen molar-refractivity contribution in [2.24, 2.45) is 0 Å². The van der Waals surface area contributed by atoms with Gasteiger partial charge in [-0.1, -0.05) is 12.1 Å². The van der Waals surface area contributed by atoms with E-state index in [-0.39, 0.29) is 5.91 Å². The number of aryl methyl sites for hydroxylation is 1. The number of thiazole rings is 1. The van der Waals surface area contributed by atoms with Crippen LogP contribution in [0.5, 0.6) is 0 Å². The topological polar surface area (TPSA) is 59.4 Å². The van der Waals surface area contributed by atoms with E-state index in [0.29, 0.717) is 12.8 Å². The average molecular weight is 435 g/mol. The van der Waals surface area contributed by atoms with Gasteiger partial charge in [-0.3, -0.25) is 9.69 Å². The molecule has 3 heterocycles. The largest absolute Gasteiger partial charge is 0.379 e. The smallest absolute Gasteiger partial charge is 0.224 e. The summed E-state index contributed by atoms with van der Waals surface area (Å²) in [6.07, 6.45) is 3.22. The molecule has 0 radical (unpaired) electrons. The molecule has 0 saturated carbocycles. The van der Waals surface area contributed by atoms with Gasteiger partial charge >= 0.3 is 0 Å². The lowest BCUT2D eigenvalue weighted by Crippen LogP contribution is -2.38. The maximum atomic E-state index is 12.5. The zero-order chi connectivity index (χ0) is 21.0. The van der Waals surface area contributed by atoms with E-state index in [1.807, 2.05) is 24.3 Å². The number of aromatic nitrogens is 2. The van der Waals surface area contributed by atoms with Crippen LogP contribution in [0.15, 0.2) is 54.7 Å². The average Bonchev–Trinajstić information content (AvgIpc) is 3.40. The van der Waals surface area contributed by atoms with E-state index >= 15 is 0 Å². The lowest BCUT2D eigenvalue weighted by atomic mass is 10.2. The minimum absolute atomic E-state index is 0.0188. The number of amides is 1. The summed E-state index contributed by atoms with van der Waals surface area (Å²) in [4.78, 5) is 19.5. The van der Waals surface area contributed by atoms with Gasteiger partial charge in [0.15, 0.2) is 0 Å². The molecule has 0 aliphatic carbocycles. The third kappa shape index (κ3) is 4.79.